The van der Waals surface area contributed by atoms with Crippen LogP contribution in [-0.2, 0) is 0 Å². The molecule has 0 fully saturated rings. The first-order valence-corrected chi connectivity index (χ1v) is 3.49. The molecule has 13 heavy (non-hydrogen) atoms. The first kappa shape index (κ1) is 9.63. The minimum Gasteiger partial charge on any atom is -0.384 e. The van der Waals surface area contributed by atoms with Gasteiger partial charge in [-0.2, -0.15) is 13.2 Å². The number of nitrogens with one attached hydrogen (secondary N) is 1. The average molecular weight is 191 g/mol. The topological polar surface area (TPSA) is 50.9 Å². The summed E-state index contributed by atoms with van der Waals surface area (Å²) in [4.78, 5) is 3.64. The molecule has 0 aromatic carbocycles. The van der Waals surface area contributed by atoms with E-state index in [2.05, 4.69) is 10.3 Å². The van der Waals surface area contributed by atoms with Gasteiger partial charge in [0.05, 0.1) is 0 Å². The van der Waals surface area contributed by atoms with Gasteiger partial charge in [-0.15, -0.1) is 0 Å². The number of pyridine rings is 1. The lowest BCUT2D eigenvalue weighted by Crippen LogP contribution is -2.21. The predicted molar refractivity (Wildman–Crippen MR) is 43.2 cm³/mol. The summed E-state index contributed by atoms with van der Waals surface area (Å²) in [7, 11) is 0. The molecule has 1 heterocycles. The van der Waals surface area contributed by atoms with Crippen molar-refractivity contribution < 1.29 is 13.2 Å². The van der Waals surface area contributed by atoms with E-state index in [-0.39, 0.29) is 5.82 Å². The highest BCUT2D eigenvalue weighted by atomic mass is 19.4. The van der Waals surface area contributed by atoms with E-state index in [1.807, 2.05) is 0 Å². The Labute approximate surface area is 72.8 Å². The largest absolute Gasteiger partial charge is 0.405 e. The summed E-state index contributed by atoms with van der Waals surface area (Å²) >= 11 is 0. The van der Waals surface area contributed by atoms with Crippen LogP contribution in [0.15, 0.2) is 18.3 Å². The second-order valence-electron chi connectivity index (χ2n) is 2.44. The van der Waals surface area contributed by atoms with Gasteiger partial charge in [-0.05, 0) is 6.07 Å². The van der Waals surface area contributed by atoms with Gasteiger partial charge >= 0.3 is 6.18 Å². The van der Waals surface area contributed by atoms with Gasteiger partial charge in [0.2, 0.25) is 0 Å². The van der Waals surface area contributed by atoms with Crippen LogP contribution in [0.1, 0.15) is 0 Å². The SMILES string of the molecule is Nc1cc(NCC(F)(F)F)ccn1. The maximum atomic E-state index is 11.7. The Bertz CT molecular complexity index is 285. The van der Waals surface area contributed by atoms with E-state index in [0.717, 1.165) is 0 Å². The Morgan fingerprint density at radius 1 is 1.46 bits per heavy atom. The Morgan fingerprint density at radius 3 is 2.69 bits per heavy atom. The molecule has 0 spiro atoms. The highest BCUT2D eigenvalue weighted by molar-refractivity contribution is 5.49. The molecule has 72 valence electrons. The molecule has 0 bridgehead atoms. The monoisotopic (exact) mass is 191 g/mol. The second-order valence-corrected chi connectivity index (χ2v) is 2.44. The third kappa shape index (κ3) is 3.64. The highest BCUT2D eigenvalue weighted by Crippen LogP contribution is 2.16. The Morgan fingerprint density at radius 2 is 2.15 bits per heavy atom. The minimum atomic E-state index is -4.22. The summed E-state index contributed by atoms with van der Waals surface area (Å²) in [6.45, 7) is -1.07. The molecule has 0 aliphatic carbocycles. The number of aromatic nitrogens is 1. The summed E-state index contributed by atoms with van der Waals surface area (Å²) in [5.41, 5.74) is 5.58. The number of alkyl halides is 3. The zero-order valence-electron chi connectivity index (χ0n) is 6.60. The fourth-order valence-corrected chi connectivity index (χ4v) is 0.761. The molecular formula is C7H8F3N3. The normalized spacial score (nSPS) is 11.3. The summed E-state index contributed by atoms with van der Waals surface area (Å²) in [5, 5.41) is 2.18. The Hall–Kier alpha value is -1.46. The van der Waals surface area contributed by atoms with Gasteiger partial charge in [-0.3, -0.25) is 0 Å². The maximum Gasteiger partial charge on any atom is 0.405 e. The van der Waals surface area contributed by atoms with Crippen molar-refractivity contribution in [1.29, 1.82) is 0 Å². The van der Waals surface area contributed by atoms with Crippen LogP contribution in [0.25, 0.3) is 0 Å². The number of rotatable bonds is 2. The molecule has 0 saturated heterocycles. The van der Waals surface area contributed by atoms with Gasteiger partial charge in [0, 0.05) is 18.0 Å². The van der Waals surface area contributed by atoms with Crippen LogP contribution in [0.5, 0.6) is 0 Å². The molecular weight excluding hydrogens is 183 g/mol. The van der Waals surface area contributed by atoms with Crippen molar-refractivity contribution in [2.24, 2.45) is 0 Å². The lowest BCUT2D eigenvalue weighted by Gasteiger charge is -2.09. The van der Waals surface area contributed by atoms with Crippen LogP contribution in [0, 0.1) is 0 Å². The standard InChI is InChI=1S/C7H8F3N3/c8-7(9,10)4-13-5-1-2-12-6(11)3-5/h1-3H,4H2,(H3,11,12,13). The van der Waals surface area contributed by atoms with E-state index in [1.165, 1.54) is 18.3 Å². The number of hydrogen-bond donors (Lipinski definition) is 2. The zero-order valence-corrected chi connectivity index (χ0v) is 6.60. The summed E-state index contributed by atoms with van der Waals surface area (Å²) in [5.74, 6) is 0.187. The molecule has 1 rings (SSSR count). The maximum absolute atomic E-state index is 11.7. The van der Waals surface area contributed by atoms with Crippen LogP contribution in [-0.4, -0.2) is 17.7 Å². The number of nitrogens with zero attached hydrogens (tertiary/aromatic N) is 1. The lowest BCUT2D eigenvalue weighted by atomic mass is 10.4. The Balaban J connectivity index is 2.55. The quantitative estimate of drug-likeness (QED) is 0.747. The van der Waals surface area contributed by atoms with E-state index >= 15 is 0 Å². The molecule has 0 aliphatic rings. The highest BCUT2D eigenvalue weighted by Gasteiger charge is 2.26. The number of hydrogen-bond acceptors (Lipinski definition) is 3. The van der Waals surface area contributed by atoms with Crippen molar-refractivity contribution in [3.05, 3.63) is 18.3 Å². The van der Waals surface area contributed by atoms with E-state index in [1.54, 1.807) is 0 Å². The number of nitrogen functional groups attached to an aromatic ring is 1. The van der Waals surface area contributed by atoms with Crippen molar-refractivity contribution in [1.82, 2.24) is 4.98 Å². The van der Waals surface area contributed by atoms with Crippen molar-refractivity contribution in [3.63, 3.8) is 0 Å². The van der Waals surface area contributed by atoms with Gasteiger partial charge in [0.15, 0.2) is 0 Å². The molecule has 3 nitrogen and oxygen atoms in total. The van der Waals surface area contributed by atoms with Crippen molar-refractivity contribution in [2.75, 3.05) is 17.6 Å². The fraction of sp³-hybridized carbons (Fsp3) is 0.286. The zero-order chi connectivity index (χ0) is 9.90. The molecule has 1 aromatic heterocycles. The van der Waals surface area contributed by atoms with Gasteiger partial charge in [-0.1, -0.05) is 0 Å². The van der Waals surface area contributed by atoms with E-state index < -0.39 is 12.7 Å². The first-order chi connectivity index (χ1) is 5.97. The van der Waals surface area contributed by atoms with Crippen molar-refractivity contribution in [3.8, 4) is 0 Å². The Kier molecular flexibility index (Phi) is 2.60. The van der Waals surface area contributed by atoms with E-state index in [9.17, 15) is 13.2 Å². The predicted octanol–water partition coefficient (Wildman–Crippen LogP) is 1.64. The lowest BCUT2D eigenvalue weighted by molar-refractivity contribution is -0.115. The molecule has 0 aliphatic heterocycles. The third-order valence-electron chi connectivity index (χ3n) is 1.27. The van der Waals surface area contributed by atoms with Crippen LogP contribution in [0.3, 0.4) is 0 Å². The van der Waals surface area contributed by atoms with E-state index in [4.69, 9.17) is 5.73 Å². The van der Waals surface area contributed by atoms with Gasteiger partial charge in [0.1, 0.15) is 12.4 Å². The molecule has 1 aromatic rings. The molecule has 6 heteroatoms. The number of halogens is 3. The summed E-state index contributed by atoms with van der Waals surface area (Å²) in [6.07, 6.45) is -2.88. The summed E-state index contributed by atoms with van der Waals surface area (Å²) in [6, 6.07) is 2.76. The number of anilines is 2. The van der Waals surface area contributed by atoms with Crippen LogP contribution in [0.2, 0.25) is 0 Å². The van der Waals surface area contributed by atoms with Crippen molar-refractivity contribution in [2.45, 2.75) is 6.18 Å². The van der Waals surface area contributed by atoms with Crippen molar-refractivity contribution >= 4 is 11.5 Å². The molecule has 0 amide bonds. The third-order valence-corrected chi connectivity index (χ3v) is 1.27. The smallest absolute Gasteiger partial charge is 0.384 e. The molecule has 0 unspecified atom stereocenters. The average Bonchev–Trinajstić information content (AvgIpc) is 2.00. The number of nitrogens with two attached hydrogens (primary N) is 1. The molecule has 0 atom stereocenters. The molecule has 0 radical (unpaired) electrons. The fourth-order valence-electron chi connectivity index (χ4n) is 0.761. The summed E-state index contributed by atoms with van der Waals surface area (Å²) < 4.78 is 35.2. The van der Waals surface area contributed by atoms with Crippen LogP contribution in [0.4, 0.5) is 24.7 Å². The van der Waals surface area contributed by atoms with E-state index in [0.29, 0.717) is 5.69 Å². The van der Waals surface area contributed by atoms with Gasteiger partial charge < -0.3 is 11.1 Å². The van der Waals surface area contributed by atoms with Crippen LogP contribution < -0.4 is 11.1 Å². The minimum absolute atomic E-state index is 0.187. The van der Waals surface area contributed by atoms with Gasteiger partial charge in [0.25, 0.3) is 0 Å². The second kappa shape index (κ2) is 3.51. The molecule has 0 saturated carbocycles. The first-order valence-electron chi connectivity index (χ1n) is 3.49. The van der Waals surface area contributed by atoms with Gasteiger partial charge in [-0.25, -0.2) is 4.98 Å². The molecule has 3 N–H and O–H groups in total. The van der Waals surface area contributed by atoms with Crippen LogP contribution >= 0.6 is 0 Å².